The van der Waals surface area contributed by atoms with Crippen LogP contribution in [0.2, 0.25) is 0 Å². The molecular weight excluding hydrogens is 423 g/mol. The molecule has 0 aliphatic carbocycles. The van der Waals surface area contributed by atoms with Crippen LogP contribution in [0.15, 0.2) is 11.4 Å². The average Bonchev–Trinajstić information content (AvgIpc) is 3.25. The van der Waals surface area contributed by atoms with Gasteiger partial charge in [0.2, 0.25) is 5.88 Å². The molecule has 1 unspecified atom stereocenters. The highest BCUT2D eigenvalue weighted by Gasteiger charge is 2.36. The first-order valence-corrected chi connectivity index (χ1v) is 10.1. The summed E-state index contributed by atoms with van der Waals surface area (Å²) in [6.07, 6.45) is -5.26. The minimum absolute atomic E-state index is 0.0512. The Balaban J connectivity index is 1.86. The second-order valence-corrected chi connectivity index (χ2v) is 8.75. The van der Waals surface area contributed by atoms with E-state index in [1.54, 1.807) is 20.8 Å². The Morgan fingerprint density at radius 2 is 2.00 bits per heavy atom. The van der Waals surface area contributed by atoms with E-state index in [0.29, 0.717) is 13.0 Å². The molecule has 164 valence electrons. The van der Waals surface area contributed by atoms with Crippen LogP contribution in [0.5, 0.6) is 5.88 Å². The van der Waals surface area contributed by atoms with Gasteiger partial charge in [-0.15, -0.1) is 11.3 Å². The Morgan fingerprint density at radius 3 is 2.60 bits per heavy atom. The molecule has 0 radical (unpaired) electrons. The summed E-state index contributed by atoms with van der Waals surface area (Å²) in [5, 5.41) is 3.74. The lowest BCUT2D eigenvalue weighted by Crippen LogP contribution is -2.36. The Morgan fingerprint density at radius 1 is 1.30 bits per heavy atom. The third kappa shape index (κ3) is 4.77. The van der Waals surface area contributed by atoms with E-state index in [2.05, 4.69) is 10.3 Å². The van der Waals surface area contributed by atoms with Crippen molar-refractivity contribution in [1.82, 2.24) is 15.2 Å². The minimum atomic E-state index is -4.64. The van der Waals surface area contributed by atoms with Crippen molar-refractivity contribution in [2.75, 3.05) is 20.1 Å². The second kappa shape index (κ2) is 7.93. The van der Waals surface area contributed by atoms with Crippen LogP contribution in [0.25, 0.3) is 10.2 Å². The molecular formula is C19H22F3N3O4S. The molecule has 0 spiro atoms. The van der Waals surface area contributed by atoms with E-state index in [0.717, 1.165) is 17.4 Å². The van der Waals surface area contributed by atoms with Crippen LogP contribution < -0.4 is 10.1 Å². The number of aromatic nitrogens is 1. The van der Waals surface area contributed by atoms with Crippen molar-refractivity contribution >= 4 is 33.6 Å². The summed E-state index contributed by atoms with van der Waals surface area (Å²) in [5.41, 5.74) is -1.58. The first kappa shape index (κ1) is 22.1. The molecule has 1 fully saturated rings. The number of carbonyl (C=O) groups excluding carboxylic acids is 2. The van der Waals surface area contributed by atoms with Crippen molar-refractivity contribution in [3.8, 4) is 5.88 Å². The zero-order chi connectivity index (χ0) is 22.3. The molecule has 7 nitrogen and oxygen atoms in total. The second-order valence-electron chi connectivity index (χ2n) is 7.87. The summed E-state index contributed by atoms with van der Waals surface area (Å²) in [4.78, 5) is 29.8. The van der Waals surface area contributed by atoms with Gasteiger partial charge in [0.05, 0.1) is 27.9 Å². The van der Waals surface area contributed by atoms with Gasteiger partial charge in [0, 0.05) is 31.5 Å². The Hall–Kier alpha value is -2.56. The summed E-state index contributed by atoms with van der Waals surface area (Å²) >= 11 is 0.804. The van der Waals surface area contributed by atoms with Crippen molar-refractivity contribution in [2.24, 2.45) is 0 Å². The number of thiophene rings is 1. The van der Waals surface area contributed by atoms with Gasteiger partial charge in [0.1, 0.15) is 11.7 Å². The van der Waals surface area contributed by atoms with Crippen LogP contribution in [0.1, 0.15) is 43.1 Å². The van der Waals surface area contributed by atoms with Gasteiger partial charge in [0.15, 0.2) is 0 Å². The molecule has 3 rings (SSSR count). The van der Waals surface area contributed by atoms with Gasteiger partial charge in [-0.1, -0.05) is 0 Å². The predicted molar refractivity (Wildman–Crippen MR) is 105 cm³/mol. The van der Waals surface area contributed by atoms with Crippen LogP contribution in [-0.4, -0.2) is 53.7 Å². The molecule has 1 aliphatic heterocycles. The molecule has 1 saturated heterocycles. The Bertz CT molecular complexity index is 968. The lowest BCUT2D eigenvalue weighted by molar-refractivity contribution is -0.136. The van der Waals surface area contributed by atoms with E-state index in [4.69, 9.17) is 9.47 Å². The molecule has 0 aromatic carbocycles. The van der Waals surface area contributed by atoms with E-state index in [1.165, 1.54) is 17.3 Å². The first-order valence-electron chi connectivity index (χ1n) is 9.25. The van der Waals surface area contributed by atoms with Crippen molar-refractivity contribution in [1.29, 1.82) is 0 Å². The standard InChI is InChI=1S/C19H22F3N3O4S/c1-18(2,3)29-17(27)25-6-5-10(8-25)28-13-7-12(19(20,21)22)15-14(24-13)11(9-30-15)16(26)23-4/h7,9-10H,5-6,8H2,1-4H3,(H,23,26). The molecule has 30 heavy (non-hydrogen) atoms. The number of nitrogens with zero attached hydrogens (tertiary/aromatic N) is 2. The van der Waals surface area contributed by atoms with Gasteiger partial charge in [-0.05, 0) is 20.8 Å². The fourth-order valence-corrected chi connectivity index (χ4v) is 4.06. The topological polar surface area (TPSA) is 80.8 Å². The number of nitrogens with one attached hydrogen (secondary N) is 1. The molecule has 1 atom stereocenters. The first-order chi connectivity index (χ1) is 13.9. The highest BCUT2D eigenvalue weighted by molar-refractivity contribution is 7.17. The normalized spacial score (nSPS) is 17.3. The fourth-order valence-electron chi connectivity index (χ4n) is 3.04. The lowest BCUT2D eigenvalue weighted by Gasteiger charge is -2.24. The number of hydrogen-bond acceptors (Lipinski definition) is 6. The van der Waals surface area contributed by atoms with Gasteiger partial charge < -0.3 is 19.7 Å². The zero-order valence-corrected chi connectivity index (χ0v) is 17.7. The van der Waals surface area contributed by atoms with Gasteiger partial charge in [-0.25, -0.2) is 9.78 Å². The van der Waals surface area contributed by atoms with Crippen LogP contribution in [0.4, 0.5) is 18.0 Å². The van der Waals surface area contributed by atoms with Gasteiger partial charge in [-0.3, -0.25) is 4.79 Å². The summed E-state index contributed by atoms with van der Waals surface area (Å²) < 4.78 is 51.6. The maximum absolute atomic E-state index is 13.6. The molecule has 0 saturated carbocycles. The minimum Gasteiger partial charge on any atom is -0.472 e. The quantitative estimate of drug-likeness (QED) is 0.771. The van der Waals surface area contributed by atoms with Crippen LogP contribution in [0.3, 0.4) is 0 Å². The Labute approximate surface area is 175 Å². The van der Waals surface area contributed by atoms with E-state index in [1.807, 2.05) is 0 Å². The summed E-state index contributed by atoms with van der Waals surface area (Å²) in [6.45, 7) is 5.77. The van der Waals surface area contributed by atoms with Gasteiger partial charge >= 0.3 is 12.3 Å². The number of amides is 2. The highest BCUT2D eigenvalue weighted by Crippen LogP contribution is 2.40. The van der Waals surface area contributed by atoms with Crippen molar-refractivity contribution in [3.05, 3.63) is 22.6 Å². The maximum Gasteiger partial charge on any atom is 0.418 e. The number of likely N-dealkylation sites (tertiary alicyclic amines) is 1. The van der Waals surface area contributed by atoms with Crippen molar-refractivity contribution in [2.45, 2.75) is 45.1 Å². The zero-order valence-electron chi connectivity index (χ0n) is 16.9. The van der Waals surface area contributed by atoms with Crippen LogP contribution in [-0.2, 0) is 10.9 Å². The van der Waals surface area contributed by atoms with E-state index >= 15 is 0 Å². The third-order valence-electron chi connectivity index (χ3n) is 4.36. The monoisotopic (exact) mass is 445 g/mol. The molecule has 2 aromatic rings. The number of pyridine rings is 1. The van der Waals surface area contributed by atoms with Crippen molar-refractivity contribution < 1.29 is 32.2 Å². The highest BCUT2D eigenvalue weighted by atomic mass is 32.1. The third-order valence-corrected chi connectivity index (χ3v) is 5.36. The Kier molecular flexibility index (Phi) is 5.85. The molecule has 2 amide bonds. The van der Waals surface area contributed by atoms with Crippen LogP contribution >= 0.6 is 11.3 Å². The maximum atomic E-state index is 13.6. The fraction of sp³-hybridized carbons (Fsp3) is 0.526. The number of carbonyl (C=O) groups is 2. The van der Waals surface area contributed by atoms with Crippen LogP contribution in [0, 0.1) is 0 Å². The molecule has 2 aromatic heterocycles. The molecule has 0 bridgehead atoms. The largest absolute Gasteiger partial charge is 0.472 e. The smallest absolute Gasteiger partial charge is 0.418 e. The molecule has 1 N–H and O–H groups in total. The number of hydrogen-bond donors (Lipinski definition) is 1. The van der Waals surface area contributed by atoms with Gasteiger partial charge in [0.25, 0.3) is 5.91 Å². The number of fused-ring (bicyclic) bond motifs is 1. The molecule has 11 heteroatoms. The number of ether oxygens (including phenoxy) is 2. The van der Waals surface area contributed by atoms with Gasteiger partial charge in [-0.2, -0.15) is 13.2 Å². The van der Waals surface area contributed by atoms with Crippen molar-refractivity contribution in [3.63, 3.8) is 0 Å². The summed E-state index contributed by atoms with van der Waals surface area (Å²) in [7, 11) is 1.39. The number of rotatable bonds is 3. The number of halogens is 3. The average molecular weight is 445 g/mol. The summed E-state index contributed by atoms with van der Waals surface area (Å²) in [6, 6.07) is 0.836. The van der Waals surface area contributed by atoms with E-state index in [-0.39, 0.29) is 28.2 Å². The summed E-state index contributed by atoms with van der Waals surface area (Å²) in [5.74, 6) is -0.773. The predicted octanol–water partition coefficient (Wildman–Crippen LogP) is 4.06. The molecule has 1 aliphatic rings. The molecule has 3 heterocycles. The lowest BCUT2D eigenvalue weighted by atomic mass is 10.2. The van der Waals surface area contributed by atoms with E-state index in [9.17, 15) is 22.8 Å². The van der Waals surface area contributed by atoms with E-state index < -0.39 is 35.4 Å². The number of alkyl halides is 3. The SMILES string of the molecule is CNC(=O)c1csc2c(C(F)(F)F)cc(OC3CCN(C(=O)OC(C)(C)C)C3)nc12.